The number of carbonyl (C=O) groups is 1. The molecule has 52 valence electrons. The normalized spacial score (nSPS) is 8.78. The molecule has 0 aromatic carbocycles. The third-order valence-electron chi connectivity index (χ3n) is 0.534. The van der Waals surface area contributed by atoms with Crippen molar-refractivity contribution in [1.29, 1.82) is 0 Å². The fourth-order valence-corrected chi connectivity index (χ4v) is 0.220. The molecule has 0 radical (unpaired) electrons. The lowest BCUT2D eigenvalue weighted by Gasteiger charge is -1.87. The lowest BCUT2D eigenvalue weighted by Crippen LogP contribution is -2.10. The van der Waals surface area contributed by atoms with E-state index < -0.39 is 24.2 Å². The lowest BCUT2D eigenvalue weighted by atomic mass is 10.4. The van der Waals surface area contributed by atoms with E-state index in [4.69, 9.17) is 0 Å². The van der Waals surface area contributed by atoms with Crippen LogP contribution in [0.5, 0.6) is 0 Å². The number of primary amides is 1. The van der Waals surface area contributed by atoms with Gasteiger partial charge in [0.2, 0.25) is 5.91 Å². The van der Waals surface area contributed by atoms with Crippen molar-refractivity contribution in [1.82, 2.24) is 0 Å². The monoisotopic (exact) mass is 139 g/mol. The summed E-state index contributed by atoms with van der Waals surface area (Å²) in [7, 11) is 0. The molecular weight excluding hydrogens is 135 g/mol. The SMILES string of the molecule is NC(=O)CC(F)=C(F)F. The first-order valence-corrected chi connectivity index (χ1v) is 2.02. The topological polar surface area (TPSA) is 43.1 Å². The van der Waals surface area contributed by atoms with E-state index in [1.807, 2.05) is 0 Å². The van der Waals surface area contributed by atoms with Gasteiger partial charge in [-0.05, 0) is 0 Å². The van der Waals surface area contributed by atoms with Crippen LogP contribution in [0.2, 0.25) is 0 Å². The molecule has 0 aliphatic heterocycles. The molecule has 9 heavy (non-hydrogen) atoms. The van der Waals surface area contributed by atoms with Gasteiger partial charge in [-0.2, -0.15) is 8.78 Å². The molecule has 0 fully saturated rings. The van der Waals surface area contributed by atoms with Gasteiger partial charge in [-0.25, -0.2) is 4.39 Å². The van der Waals surface area contributed by atoms with Crippen molar-refractivity contribution >= 4 is 5.91 Å². The van der Waals surface area contributed by atoms with Crippen molar-refractivity contribution in [2.24, 2.45) is 5.73 Å². The molecule has 0 aliphatic carbocycles. The van der Waals surface area contributed by atoms with E-state index in [9.17, 15) is 18.0 Å². The van der Waals surface area contributed by atoms with Crippen molar-refractivity contribution in [3.63, 3.8) is 0 Å². The van der Waals surface area contributed by atoms with Gasteiger partial charge in [0, 0.05) is 0 Å². The molecule has 0 saturated carbocycles. The molecular formula is C4H4F3NO. The minimum absolute atomic E-state index is 1.03. The number of rotatable bonds is 2. The number of carbonyl (C=O) groups excluding carboxylic acids is 1. The predicted molar refractivity (Wildman–Crippen MR) is 24.2 cm³/mol. The number of amides is 1. The number of halogens is 3. The maximum Gasteiger partial charge on any atom is 0.302 e. The Hall–Kier alpha value is -1.00. The van der Waals surface area contributed by atoms with E-state index >= 15 is 0 Å². The summed E-state index contributed by atoms with van der Waals surface area (Å²) in [5, 5.41) is 0. The second-order valence-electron chi connectivity index (χ2n) is 1.31. The van der Waals surface area contributed by atoms with Gasteiger partial charge >= 0.3 is 6.08 Å². The maximum atomic E-state index is 11.6. The van der Waals surface area contributed by atoms with Gasteiger partial charge in [0.15, 0.2) is 5.83 Å². The second kappa shape index (κ2) is 3.11. The van der Waals surface area contributed by atoms with Gasteiger partial charge in [-0.15, -0.1) is 0 Å². The third-order valence-corrected chi connectivity index (χ3v) is 0.534. The quantitative estimate of drug-likeness (QED) is 0.607. The van der Waals surface area contributed by atoms with Crippen molar-refractivity contribution < 1.29 is 18.0 Å². The highest BCUT2D eigenvalue weighted by Crippen LogP contribution is 2.11. The summed E-state index contributed by atoms with van der Waals surface area (Å²) in [6.07, 6.45) is -3.52. The Morgan fingerprint density at radius 3 is 1.89 bits per heavy atom. The Morgan fingerprint density at radius 1 is 1.33 bits per heavy atom. The smallest absolute Gasteiger partial charge is 0.302 e. The van der Waals surface area contributed by atoms with Gasteiger partial charge in [0.1, 0.15) is 0 Å². The van der Waals surface area contributed by atoms with Crippen LogP contribution in [0.15, 0.2) is 11.9 Å². The zero-order chi connectivity index (χ0) is 7.44. The molecule has 0 aromatic heterocycles. The van der Waals surface area contributed by atoms with Crippen molar-refractivity contribution in [3.05, 3.63) is 11.9 Å². The first kappa shape index (κ1) is 8.00. The lowest BCUT2D eigenvalue weighted by molar-refractivity contribution is -0.117. The van der Waals surface area contributed by atoms with Gasteiger partial charge in [-0.1, -0.05) is 0 Å². The maximum absolute atomic E-state index is 11.6. The number of nitrogens with two attached hydrogens (primary N) is 1. The Bertz CT molecular complexity index is 150. The Kier molecular flexibility index (Phi) is 2.77. The van der Waals surface area contributed by atoms with Crippen molar-refractivity contribution in [2.75, 3.05) is 0 Å². The van der Waals surface area contributed by atoms with Gasteiger partial charge < -0.3 is 5.73 Å². The van der Waals surface area contributed by atoms with Gasteiger partial charge in [0.05, 0.1) is 6.42 Å². The van der Waals surface area contributed by atoms with Crippen LogP contribution in [0.3, 0.4) is 0 Å². The second-order valence-corrected chi connectivity index (χ2v) is 1.31. The summed E-state index contributed by atoms with van der Waals surface area (Å²) in [4.78, 5) is 9.73. The molecule has 1 amide bonds. The molecule has 2 N–H and O–H groups in total. The van der Waals surface area contributed by atoms with Crippen LogP contribution in [-0.4, -0.2) is 5.91 Å². The van der Waals surface area contributed by atoms with Crippen molar-refractivity contribution in [3.8, 4) is 0 Å². The molecule has 0 bridgehead atoms. The Labute approximate surface area is 49.1 Å². The van der Waals surface area contributed by atoms with Gasteiger partial charge in [0.25, 0.3) is 0 Å². The van der Waals surface area contributed by atoms with Crippen molar-refractivity contribution in [2.45, 2.75) is 6.42 Å². The molecule has 0 unspecified atom stereocenters. The van der Waals surface area contributed by atoms with E-state index in [0.29, 0.717) is 0 Å². The molecule has 0 saturated heterocycles. The summed E-state index contributed by atoms with van der Waals surface area (Å²) in [5.74, 6) is -2.87. The minimum Gasteiger partial charge on any atom is -0.369 e. The van der Waals surface area contributed by atoms with E-state index in [1.54, 1.807) is 0 Å². The Balaban J connectivity index is 3.92. The van der Waals surface area contributed by atoms with E-state index in [0.717, 1.165) is 0 Å². The highest BCUT2D eigenvalue weighted by Gasteiger charge is 2.07. The molecule has 0 aliphatic rings. The van der Waals surface area contributed by atoms with E-state index in [-0.39, 0.29) is 0 Å². The standard InChI is InChI=1S/C4H4F3NO/c5-2(4(6)7)1-3(8)9/h1H2,(H2,8,9). The highest BCUT2D eigenvalue weighted by molar-refractivity contribution is 5.75. The molecule has 0 atom stereocenters. The first-order chi connectivity index (χ1) is 4.04. The molecule has 0 heterocycles. The molecule has 0 spiro atoms. The van der Waals surface area contributed by atoms with Crippen LogP contribution in [0.4, 0.5) is 13.2 Å². The minimum atomic E-state index is -2.49. The summed E-state index contributed by atoms with van der Waals surface area (Å²) in [6.45, 7) is 0. The summed E-state index contributed by atoms with van der Waals surface area (Å²) in [6, 6.07) is 0. The average Bonchev–Trinajstić information content (AvgIpc) is 1.63. The summed E-state index contributed by atoms with van der Waals surface area (Å²) in [5.41, 5.74) is 4.38. The van der Waals surface area contributed by atoms with Gasteiger partial charge in [-0.3, -0.25) is 4.79 Å². The van der Waals surface area contributed by atoms with E-state index in [2.05, 4.69) is 5.73 Å². The molecule has 0 rings (SSSR count). The zero-order valence-electron chi connectivity index (χ0n) is 4.33. The average molecular weight is 139 g/mol. The fraction of sp³-hybridized carbons (Fsp3) is 0.250. The number of hydrogen-bond donors (Lipinski definition) is 1. The van der Waals surface area contributed by atoms with Crippen LogP contribution >= 0.6 is 0 Å². The van der Waals surface area contributed by atoms with Crippen LogP contribution < -0.4 is 5.73 Å². The van der Waals surface area contributed by atoms with Crippen LogP contribution in [0.1, 0.15) is 6.42 Å². The third kappa shape index (κ3) is 3.57. The highest BCUT2D eigenvalue weighted by atomic mass is 19.3. The molecule has 5 heteroatoms. The largest absolute Gasteiger partial charge is 0.369 e. The molecule has 2 nitrogen and oxygen atoms in total. The molecule has 0 aromatic rings. The fourth-order valence-electron chi connectivity index (χ4n) is 0.220. The first-order valence-electron chi connectivity index (χ1n) is 2.02. The summed E-state index contributed by atoms with van der Waals surface area (Å²) < 4.78 is 33.8. The summed E-state index contributed by atoms with van der Waals surface area (Å²) >= 11 is 0. The number of hydrogen-bond acceptors (Lipinski definition) is 1. The van der Waals surface area contributed by atoms with Crippen LogP contribution in [0.25, 0.3) is 0 Å². The predicted octanol–water partition coefficient (Wildman–Crippen LogP) is 0.939. The van der Waals surface area contributed by atoms with E-state index in [1.165, 1.54) is 0 Å². The van der Waals surface area contributed by atoms with Crippen LogP contribution in [0, 0.1) is 0 Å². The zero-order valence-corrected chi connectivity index (χ0v) is 4.33. The Morgan fingerprint density at radius 2 is 1.78 bits per heavy atom. The van der Waals surface area contributed by atoms with Crippen LogP contribution in [-0.2, 0) is 4.79 Å².